The Morgan fingerprint density at radius 1 is 1.34 bits per heavy atom. The van der Waals surface area contributed by atoms with Gasteiger partial charge in [0.15, 0.2) is 11.6 Å². The summed E-state index contributed by atoms with van der Waals surface area (Å²) < 4.78 is 2.03. The summed E-state index contributed by atoms with van der Waals surface area (Å²) in [7, 11) is 1.78. The van der Waals surface area contributed by atoms with Crippen molar-refractivity contribution in [1.82, 2.24) is 30.1 Å². The number of aryl methyl sites for hydroxylation is 1. The number of aliphatic hydroxyl groups excluding tert-OH is 1. The maximum absolute atomic E-state index is 8.90. The number of nitrogen functional groups attached to an aromatic ring is 1. The van der Waals surface area contributed by atoms with Crippen molar-refractivity contribution in [3.63, 3.8) is 0 Å². The third-order valence-corrected chi connectivity index (χ3v) is 4.36. The summed E-state index contributed by atoms with van der Waals surface area (Å²) in [4.78, 5) is 13.2. The van der Waals surface area contributed by atoms with Crippen LogP contribution in [-0.4, -0.2) is 50.9 Å². The number of nitrogens with two attached hydrogens (primary N) is 1. The summed E-state index contributed by atoms with van der Waals surface area (Å²) in [5.74, 6) is 0.734. The van der Waals surface area contributed by atoms with E-state index in [1.54, 1.807) is 18.3 Å². The Morgan fingerprint density at radius 2 is 2.17 bits per heavy atom. The van der Waals surface area contributed by atoms with E-state index < -0.39 is 0 Å². The molecule has 0 aromatic carbocycles. The summed E-state index contributed by atoms with van der Waals surface area (Å²) in [6.45, 7) is 2.88. The van der Waals surface area contributed by atoms with Crippen LogP contribution in [-0.2, 0) is 6.54 Å². The number of aliphatic hydroxyl groups is 1. The maximum Gasteiger partial charge on any atom is 0.186 e. The second-order valence-corrected chi connectivity index (χ2v) is 6.36. The Hall–Kier alpha value is -3.50. The first-order valence-corrected chi connectivity index (χ1v) is 9.12. The fourth-order valence-electron chi connectivity index (χ4n) is 2.84. The highest BCUT2D eigenvalue weighted by molar-refractivity contribution is 6.07. The van der Waals surface area contributed by atoms with Gasteiger partial charge in [-0.15, -0.1) is 0 Å². The number of fused-ring (bicyclic) bond motifs is 1. The molecule has 0 bridgehead atoms. The molecular formula is C19H25N9O. The number of imidazole rings is 1. The molecule has 0 aliphatic rings. The SMILES string of the molecule is CNN(Cc1ccc2ncc(C)n2c1)c1nc(/C(C=N)=C/NCCO)cnc1N. The summed E-state index contributed by atoms with van der Waals surface area (Å²) in [5, 5.41) is 21.3. The number of pyridine rings is 1. The number of aromatic nitrogens is 4. The molecule has 29 heavy (non-hydrogen) atoms. The van der Waals surface area contributed by atoms with Gasteiger partial charge in [-0.2, -0.15) is 0 Å². The molecule has 0 aliphatic carbocycles. The molecule has 0 amide bonds. The van der Waals surface area contributed by atoms with E-state index in [9.17, 15) is 0 Å². The van der Waals surface area contributed by atoms with Crippen LogP contribution < -0.4 is 21.5 Å². The van der Waals surface area contributed by atoms with E-state index in [0.717, 1.165) is 16.9 Å². The zero-order valence-corrected chi connectivity index (χ0v) is 16.4. The summed E-state index contributed by atoms with van der Waals surface area (Å²) in [6, 6.07) is 3.96. The minimum atomic E-state index is -0.00525. The number of hydrazine groups is 1. The molecule has 6 N–H and O–H groups in total. The van der Waals surface area contributed by atoms with Crippen LogP contribution in [0.15, 0.2) is 36.9 Å². The van der Waals surface area contributed by atoms with E-state index in [0.29, 0.717) is 30.2 Å². The second-order valence-electron chi connectivity index (χ2n) is 6.36. The predicted octanol–water partition coefficient (Wildman–Crippen LogP) is 0.728. The van der Waals surface area contributed by atoms with Crippen molar-refractivity contribution in [3.8, 4) is 0 Å². The van der Waals surface area contributed by atoms with Crippen molar-refractivity contribution >= 4 is 29.1 Å². The van der Waals surface area contributed by atoms with Gasteiger partial charge in [0.05, 0.1) is 25.0 Å². The molecule has 0 saturated heterocycles. The highest BCUT2D eigenvalue weighted by Gasteiger charge is 2.15. The largest absolute Gasteiger partial charge is 0.395 e. The van der Waals surface area contributed by atoms with Gasteiger partial charge in [0.25, 0.3) is 0 Å². The Balaban J connectivity index is 1.90. The van der Waals surface area contributed by atoms with Crippen LogP contribution in [0.25, 0.3) is 11.2 Å². The summed E-state index contributed by atoms with van der Waals surface area (Å²) in [6.07, 6.45) is 8.17. The molecule has 0 aliphatic heterocycles. The van der Waals surface area contributed by atoms with E-state index in [4.69, 9.17) is 16.2 Å². The molecule has 10 nitrogen and oxygen atoms in total. The monoisotopic (exact) mass is 395 g/mol. The van der Waals surface area contributed by atoms with Crippen molar-refractivity contribution < 1.29 is 5.11 Å². The number of allylic oxidation sites excluding steroid dienone is 1. The predicted molar refractivity (Wildman–Crippen MR) is 113 cm³/mol. The Kier molecular flexibility index (Phi) is 6.37. The number of nitrogens with zero attached hydrogens (tertiary/aromatic N) is 5. The van der Waals surface area contributed by atoms with Crippen LogP contribution >= 0.6 is 0 Å². The maximum atomic E-state index is 8.90. The molecule has 0 radical (unpaired) electrons. The quantitative estimate of drug-likeness (QED) is 0.203. The Bertz CT molecular complexity index is 1030. The molecule has 0 saturated carbocycles. The second kappa shape index (κ2) is 9.13. The zero-order chi connectivity index (χ0) is 20.8. The molecular weight excluding hydrogens is 370 g/mol. The van der Waals surface area contributed by atoms with Crippen molar-refractivity contribution in [1.29, 1.82) is 5.41 Å². The fourth-order valence-corrected chi connectivity index (χ4v) is 2.84. The smallest absolute Gasteiger partial charge is 0.186 e. The molecule has 10 heteroatoms. The van der Waals surface area contributed by atoms with Crippen LogP contribution in [0.4, 0.5) is 11.6 Å². The normalized spacial score (nSPS) is 11.6. The van der Waals surface area contributed by atoms with Crippen LogP contribution in [0.3, 0.4) is 0 Å². The summed E-state index contributed by atoms with van der Waals surface area (Å²) in [5.41, 5.74) is 13.2. The van der Waals surface area contributed by atoms with E-state index in [-0.39, 0.29) is 12.4 Å². The lowest BCUT2D eigenvalue weighted by Gasteiger charge is -2.24. The van der Waals surface area contributed by atoms with E-state index >= 15 is 0 Å². The number of rotatable bonds is 9. The Morgan fingerprint density at radius 3 is 2.90 bits per heavy atom. The Labute approximate surface area is 168 Å². The molecule has 0 spiro atoms. The van der Waals surface area contributed by atoms with Crippen LogP contribution in [0, 0.1) is 12.3 Å². The third-order valence-electron chi connectivity index (χ3n) is 4.36. The van der Waals surface area contributed by atoms with Crippen LogP contribution in [0.5, 0.6) is 0 Å². The van der Waals surface area contributed by atoms with E-state index in [1.165, 1.54) is 12.4 Å². The first-order valence-electron chi connectivity index (χ1n) is 9.12. The van der Waals surface area contributed by atoms with Crippen molar-refractivity contribution in [2.75, 3.05) is 30.9 Å². The van der Waals surface area contributed by atoms with E-state index in [2.05, 4.69) is 25.7 Å². The highest BCUT2D eigenvalue weighted by Crippen LogP contribution is 2.21. The molecule has 0 fully saturated rings. The van der Waals surface area contributed by atoms with Crippen molar-refractivity contribution in [2.45, 2.75) is 13.5 Å². The van der Waals surface area contributed by atoms with Crippen LogP contribution in [0.2, 0.25) is 0 Å². The minimum absolute atomic E-state index is 0.00525. The molecule has 3 aromatic heterocycles. The lowest BCUT2D eigenvalue weighted by Crippen LogP contribution is -2.36. The van der Waals surface area contributed by atoms with Gasteiger partial charge < -0.3 is 26.0 Å². The molecule has 0 unspecified atom stereocenters. The lowest BCUT2D eigenvalue weighted by atomic mass is 10.2. The van der Waals surface area contributed by atoms with Gasteiger partial charge in [-0.1, -0.05) is 6.07 Å². The van der Waals surface area contributed by atoms with Crippen molar-refractivity contribution in [3.05, 3.63) is 53.9 Å². The van der Waals surface area contributed by atoms with Gasteiger partial charge >= 0.3 is 0 Å². The number of hydrogen-bond acceptors (Lipinski definition) is 9. The van der Waals surface area contributed by atoms with Gasteiger partial charge in [-0.05, 0) is 18.6 Å². The molecule has 0 atom stereocenters. The fraction of sp³-hybridized carbons (Fsp3) is 0.263. The highest BCUT2D eigenvalue weighted by atomic mass is 16.3. The van der Waals surface area contributed by atoms with Crippen molar-refractivity contribution in [2.24, 2.45) is 0 Å². The standard InChI is InChI=1S/C19H25N9O/c1-13-8-24-17-4-3-14(11-27(13)17)12-28(22-2)19-18(21)25-10-16(26-19)15(7-20)9-23-5-6-29/h3-4,7-11,20,22-23,29H,5-6,12H2,1-2H3,(H2,21,25)/b15-9+,20-7?. The van der Waals surface area contributed by atoms with Gasteiger partial charge in [0, 0.05) is 49.7 Å². The third kappa shape index (κ3) is 4.50. The molecule has 3 rings (SSSR count). The van der Waals surface area contributed by atoms with Gasteiger partial charge in [-0.3, -0.25) is 5.01 Å². The molecule has 3 aromatic rings. The topological polar surface area (TPSA) is 140 Å². The average Bonchev–Trinajstić information content (AvgIpc) is 3.10. The van der Waals surface area contributed by atoms with Gasteiger partial charge in [-0.25, -0.2) is 20.4 Å². The van der Waals surface area contributed by atoms with Gasteiger partial charge in [0.2, 0.25) is 0 Å². The number of anilines is 2. The molecule has 152 valence electrons. The molecule has 3 heterocycles. The van der Waals surface area contributed by atoms with Gasteiger partial charge in [0.1, 0.15) is 5.65 Å². The van der Waals surface area contributed by atoms with E-state index in [1.807, 2.05) is 35.9 Å². The minimum Gasteiger partial charge on any atom is -0.395 e. The average molecular weight is 395 g/mol. The number of hydrogen-bond donors (Lipinski definition) is 5. The number of nitrogens with one attached hydrogen (secondary N) is 3. The first-order chi connectivity index (χ1) is 14.1. The zero-order valence-electron chi connectivity index (χ0n) is 16.4. The van der Waals surface area contributed by atoms with Crippen LogP contribution in [0.1, 0.15) is 17.0 Å². The summed E-state index contributed by atoms with van der Waals surface area (Å²) >= 11 is 0. The lowest BCUT2D eigenvalue weighted by molar-refractivity contribution is 0.298. The first kappa shape index (κ1) is 20.2.